The Morgan fingerprint density at radius 2 is 1.81 bits per heavy atom. The monoisotopic (exact) mass is 312 g/mol. The number of anilines is 2. The van der Waals surface area contributed by atoms with Crippen LogP contribution in [0.25, 0.3) is 0 Å². The molecule has 8 heteroatoms. The van der Waals surface area contributed by atoms with Gasteiger partial charge in [0.25, 0.3) is 0 Å². The number of nitrogens with zero attached hydrogens (tertiary/aromatic N) is 3. The van der Waals surface area contributed by atoms with Gasteiger partial charge in [0.1, 0.15) is 4.99 Å². The van der Waals surface area contributed by atoms with E-state index >= 15 is 0 Å². The Balaban J connectivity index is 2.37. The molecule has 0 radical (unpaired) electrons. The van der Waals surface area contributed by atoms with Gasteiger partial charge in [0.05, 0.1) is 5.69 Å². The fourth-order valence-corrected chi connectivity index (χ4v) is 1.93. The van der Waals surface area contributed by atoms with Crippen molar-refractivity contribution in [2.24, 2.45) is 5.73 Å². The molecule has 0 aliphatic carbocycles. The molecule has 2 aromatic rings. The Morgan fingerprint density at radius 1 is 1.14 bits per heavy atom. The number of hydrogen-bond donors (Lipinski definition) is 1. The predicted molar refractivity (Wildman–Crippen MR) is 77.4 cm³/mol. The second-order valence-electron chi connectivity index (χ2n) is 4.21. The first-order chi connectivity index (χ1) is 9.80. The summed E-state index contributed by atoms with van der Waals surface area (Å²) in [6, 6.07) is 9.13. The van der Waals surface area contributed by atoms with Crippen LogP contribution < -0.4 is 10.6 Å². The molecule has 4 nitrogen and oxygen atoms in total. The van der Waals surface area contributed by atoms with E-state index in [1.807, 2.05) is 0 Å². The summed E-state index contributed by atoms with van der Waals surface area (Å²) in [4.78, 5) is 1.76. The number of para-hydroxylation sites is 1. The van der Waals surface area contributed by atoms with Gasteiger partial charge in [0.2, 0.25) is 0 Å². The number of benzene rings is 1. The average Bonchev–Trinajstić information content (AvgIpc) is 2.45. The summed E-state index contributed by atoms with van der Waals surface area (Å²) < 4.78 is 37.4. The maximum Gasteiger partial charge on any atom is 0.435 e. The summed E-state index contributed by atoms with van der Waals surface area (Å²) in [6.45, 7) is 0. The Bertz CT molecular complexity index is 655. The Hall–Kier alpha value is -2.22. The van der Waals surface area contributed by atoms with Crippen molar-refractivity contribution in [3.8, 4) is 0 Å². The Kier molecular flexibility index (Phi) is 4.08. The third-order valence-electron chi connectivity index (χ3n) is 2.82. The van der Waals surface area contributed by atoms with Gasteiger partial charge in [-0.05, 0) is 24.3 Å². The summed E-state index contributed by atoms with van der Waals surface area (Å²) in [5, 5.41) is 6.78. The molecule has 0 bridgehead atoms. The minimum absolute atomic E-state index is 0.192. The molecule has 1 aromatic carbocycles. The summed E-state index contributed by atoms with van der Waals surface area (Å²) >= 11 is 4.95. The van der Waals surface area contributed by atoms with E-state index in [0.29, 0.717) is 11.3 Å². The molecule has 2 N–H and O–H groups in total. The molecule has 0 unspecified atom stereocenters. The first-order valence-electron chi connectivity index (χ1n) is 5.84. The largest absolute Gasteiger partial charge is 0.435 e. The molecular formula is C13H11F3N4S. The molecule has 0 aliphatic rings. The van der Waals surface area contributed by atoms with E-state index in [0.717, 1.165) is 6.07 Å². The van der Waals surface area contributed by atoms with Crippen LogP contribution in [0, 0.1) is 0 Å². The van der Waals surface area contributed by atoms with Crippen molar-refractivity contribution in [3.05, 3.63) is 47.7 Å². The molecule has 0 aliphatic heterocycles. The maximum atomic E-state index is 12.5. The minimum atomic E-state index is -4.51. The van der Waals surface area contributed by atoms with E-state index in [1.165, 1.54) is 6.07 Å². The van der Waals surface area contributed by atoms with Gasteiger partial charge in [-0.2, -0.15) is 13.2 Å². The van der Waals surface area contributed by atoms with Crippen molar-refractivity contribution in [2.45, 2.75) is 6.18 Å². The van der Waals surface area contributed by atoms with Crippen molar-refractivity contribution in [1.82, 2.24) is 10.2 Å². The van der Waals surface area contributed by atoms with Crippen molar-refractivity contribution in [3.63, 3.8) is 0 Å². The average molecular weight is 312 g/mol. The number of thiocarbonyl (C=S) groups is 1. The van der Waals surface area contributed by atoms with Crippen LogP contribution in [0.5, 0.6) is 0 Å². The highest BCUT2D eigenvalue weighted by Gasteiger charge is 2.33. The number of aromatic nitrogens is 2. The van der Waals surface area contributed by atoms with Gasteiger partial charge < -0.3 is 10.6 Å². The molecule has 21 heavy (non-hydrogen) atoms. The zero-order valence-corrected chi connectivity index (χ0v) is 11.7. The highest BCUT2D eigenvalue weighted by Crippen LogP contribution is 2.29. The first kappa shape index (κ1) is 15.2. The molecular weight excluding hydrogens is 301 g/mol. The summed E-state index contributed by atoms with van der Waals surface area (Å²) in [7, 11) is 1.65. The van der Waals surface area contributed by atoms with Crippen molar-refractivity contribution in [1.29, 1.82) is 0 Å². The van der Waals surface area contributed by atoms with Crippen LogP contribution in [0.3, 0.4) is 0 Å². The molecule has 1 heterocycles. The van der Waals surface area contributed by atoms with E-state index in [2.05, 4.69) is 10.2 Å². The lowest BCUT2D eigenvalue weighted by atomic mass is 10.1. The van der Waals surface area contributed by atoms with E-state index in [1.54, 1.807) is 36.2 Å². The molecule has 0 amide bonds. The van der Waals surface area contributed by atoms with Gasteiger partial charge in [-0.15, -0.1) is 10.2 Å². The van der Waals surface area contributed by atoms with Gasteiger partial charge >= 0.3 is 6.18 Å². The zero-order valence-electron chi connectivity index (χ0n) is 10.9. The Morgan fingerprint density at radius 3 is 2.33 bits per heavy atom. The third-order valence-corrected chi connectivity index (χ3v) is 3.04. The highest BCUT2D eigenvalue weighted by molar-refractivity contribution is 7.80. The van der Waals surface area contributed by atoms with E-state index in [9.17, 15) is 13.2 Å². The lowest BCUT2D eigenvalue weighted by Crippen LogP contribution is -2.19. The van der Waals surface area contributed by atoms with Gasteiger partial charge in [-0.1, -0.05) is 24.4 Å². The first-order valence-corrected chi connectivity index (χ1v) is 6.25. The van der Waals surface area contributed by atoms with Crippen LogP contribution >= 0.6 is 12.2 Å². The zero-order chi connectivity index (χ0) is 15.6. The summed E-state index contributed by atoms with van der Waals surface area (Å²) in [6.07, 6.45) is -4.51. The quantitative estimate of drug-likeness (QED) is 0.883. The molecule has 0 spiro atoms. The van der Waals surface area contributed by atoms with Crippen LogP contribution in [-0.2, 0) is 6.18 Å². The van der Waals surface area contributed by atoms with E-state index in [4.69, 9.17) is 18.0 Å². The molecule has 1 aromatic heterocycles. The van der Waals surface area contributed by atoms with Gasteiger partial charge in [-0.25, -0.2) is 0 Å². The highest BCUT2D eigenvalue weighted by atomic mass is 32.1. The number of halogens is 3. The predicted octanol–water partition coefficient (Wildman–Crippen LogP) is 2.90. The van der Waals surface area contributed by atoms with Crippen LogP contribution in [0.15, 0.2) is 36.4 Å². The summed E-state index contributed by atoms with van der Waals surface area (Å²) in [5.74, 6) is 0.256. The van der Waals surface area contributed by atoms with Crippen LogP contribution in [0.4, 0.5) is 24.7 Å². The van der Waals surface area contributed by atoms with Gasteiger partial charge in [0.15, 0.2) is 11.5 Å². The molecule has 110 valence electrons. The number of nitrogens with two attached hydrogens (primary N) is 1. The van der Waals surface area contributed by atoms with E-state index in [-0.39, 0.29) is 10.8 Å². The van der Waals surface area contributed by atoms with Crippen LogP contribution in [0.1, 0.15) is 11.3 Å². The van der Waals surface area contributed by atoms with Crippen molar-refractivity contribution < 1.29 is 13.2 Å². The number of alkyl halides is 3. The number of rotatable bonds is 3. The van der Waals surface area contributed by atoms with Crippen LogP contribution in [-0.4, -0.2) is 22.2 Å². The Labute approximate surface area is 124 Å². The molecule has 0 fully saturated rings. The van der Waals surface area contributed by atoms with Crippen molar-refractivity contribution >= 4 is 28.7 Å². The molecule has 0 saturated carbocycles. The topological polar surface area (TPSA) is 55.0 Å². The SMILES string of the molecule is CN(c1ccc(C(F)(F)F)nn1)c1ccccc1C(N)=S. The maximum absolute atomic E-state index is 12.5. The second kappa shape index (κ2) is 5.65. The second-order valence-corrected chi connectivity index (χ2v) is 4.65. The van der Waals surface area contributed by atoms with Crippen molar-refractivity contribution in [2.75, 3.05) is 11.9 Å². The summed E-state index contributed by atoms with van der Waals surface area (Å²) in [5.41, 5.74) is 5.84. The van der Waals surface area contributed by atoms with Gasteiger partial charge in [0, 0.05) is 12.6 Å². The normalized spacial score (nSPS) is 11.2. The lowest BCUT2D eigenvalue weighted by molar-refractivity contribution is -0.141. The molecule has 0 atom stereocenters. The van der Waals surface area contributed by atoms with E-state index < -0.39 is 11.9 Å². The third kappa shape index (κ3) is 3.27. The standard InChI is InChI=1S/C13H11F3N4S/c1-20(9-5-3-2-4-8(9)12(17)21)11-7-6-10(18-19-11)13(14,15)16/h2-7H,1H3,(H2,17,21). The fourth-order valence-electron chi connectivity index (χ4n) is 1.75. The molecule has 0 saturated heterocycles. The lowest BCUT2D eigenvalue weighted by Gasteiger charge is -2.20. The van der Waals surface area contributed by atoms with Gasteiger partial charge in [-0.3, -0.25) is 0 Å². The smallest absolute Gasteiger partial charge is 0.389 e. The minimum Gasteiger partial charge on any atom is -0.389 e. The fraction of sp³-hybridized carbons (Fsp3) is 0.154. The number of hydrogen-bond acceptors (Lipinski definition) is 4. The van der Waals surface area contributed by atoms with Crippen LogP contribution in [0.2, 0.25) is 0 Å². The molecule has 2 rings (SSSR count).